The van der Waals surface area contributed by atoms with E-state index >= 15 is 0 Å². The van der Waals surface area contributed by atoms with E-state index in [-0.39, 0.29) is 24.6 Å². The summed E-state index contributed by atoms with van der Waals surface area (Å²) in [6.45, 7) is 5.37. The summed E-state index contributed by atoms with van der Waals surface area (Å²) in [5, 5.41) is 15.7. The van der Waals surface area contributed by atoms with E-state index in [4.69, 9.17) is 4.74 Å². The van der Waals surface area contributed by atoms with E-state index in [1.54, 1.807) is 13.8 Å². The van der Waals surface area contributed by atoms with E-state index in [0.29, 0.717) is 0 Å². The minimum Gasteiger partial charge on any atom is -0.366 e. The maximum Gasteiger partial charge on any atom is 0.319 e. The van der Waals surface area contributed by atoms with Crippen molar-refractivity contribution in [3.05, 3.63) is 63.7 Å². The first-order chi connectivity index (χ1) is 12.2. The lowest BCUT2D eigenvalue weighted by Gasteiger charge is -2.28. The molecule has 0 spiro atoms. The maximum atomic E-state index is 12.4. The zero-order chi connectivity index (χ0) is 19.2. The van der Waals surface area contributed by atoms with Gasteiger partial charge in [-0.2, -0.15) is 0 Å². The Morgan fingerprint density at radius 1 is 1.15 bits per heavy atom. The number of benzene rings is 2. The summed E-state index contributed by atoms with van der Waals surface area (Å²) in [5.41, 5.74) is 1.81. The summed E-state index contributed by atoms with van der Waals surface area (Å²) in [5.74, 6) is -1.25. The third-order valence-electron chi connectivity index (χ3n) is 3.96. The Labute approximate surface area is 168 Å². The molecule has 2 rings (SSSR count). The van der Waals surface area contributed by atoms with E-state index < -0.39 is 5.79 Å². The number of anilines is 1. The number of amides is 2. The quantitative estimate of drug-likeness (QED) is 0.419. The van der Waals surface area contributed by atoms with Crippen LogP contribution in [0.15, 0.2) is 54.6 Å². The number of urea groups is 1. The zero-order valence-corrected chi connectivity index (χ0v) is 17.4. The van der Waals surface area contributed by atoms with Crippen LogP contribution in [-0.4, -0.2) is 29.6 Å². The molecule has 6 heteroatoms. The lowest BCUT2D eigenvalue weighted by Crippen LogP contribution is -2.45. The Kier molecular flexibility index (Phi) is 7.43. The highest BCUT2D eigenvalue weighted by atomic mass is 127. The van der Waals surface area contributed by atoms with Gasteiger partial charge in [-0.25, -0.2) is 4.79 Å². The molecule has 5 nitrogen and oxygen atoms in total. The number of carbonyl (C=O) groups excluding carboxylic acids is 1. The molecule has 26 heavy (non-hydrogen) atoms. The Balaban J connectivity index is 2.07. The second kappa shape index (κ2) is 9.34. The molecule has 3 N–H and O–H groups in total. The van der Waals surface area contributed by atoms with Crippen molar-refractivity contribution in [1.82, 2.24) is 5.32 Å². The van der Waals surface area contributed by atoms with Gasteiger partial charge in [-0.05, 0) is 66.3 Å². The first-order valence-corrected chi connectivity index (χ1v) is 9.57. The van der Waals surface area contributed by atoms with Crippen LogP contribution in [0.3, 0.4) is 0 Å². The molecule has 0 radical (unpaired) electrons. The van der Waals surface area contributed by atoms with Crippen molar-refractivity contribution < 1.29 is 14.6 Å². The molecule has 0 fully saturated rings. The van der Waals surface area contributed by atoms with Crippen molar-refractivity contribution in [3.63, 3.8) is 0 Å². The molecule has 0 saturated carbocycles. The average molecular weight is 468 g/mol. The molecule has 2 amide bonds. The highest BCUT2D eigenvalue weighted by Crippen LogP contribution is 2.21. The van der Waals surface area contributed by atoms with Gasteiger partial charge in [-0.15, -0.1) is 0 Å². The number of rotatable bonds is 7. The van der Waals surface area contributed by atoms with Gasteiger partial charge in [0, 0.05) is 15.2 Å². The summed E-state index contributed by atoms with van der Waals surface area (Å²) in [7, 11) is 0. The number of aliphatic hydroxyl groups is 1. The van der Waals surface area contributed by atoms with Crippen LogP contribution in [0, 0.1) is 3.57 Å². The first kappa shape index (κ1) is 20.7. The van der Waals surface area contributed by atoms with Gasteiger partial charge in [0.1, 0.15) is 0 Å². The fourth-order valence-electron chi connectivity index (χ4n) is 2.46. The maximum absolute atomic E-state index is 12.4. The largest absolute Gasteiger partial charge is 0.366 e. The van der Waals surface area contributed by atoms with Gasteiger partial charge in [0.2, 0.25) is 0 Å². The van der Waals surface area contributed by atoms with Crippen molar-refractivity contribution in [2.45, 2.75) is 38.5 Å². The smallest absolute Gasteiger partial charge is 0.319 e. The molecule has 2 unspecified atom stereocenters. The SMILES string of the molecule is CC(c1ccccc1)C(COC(C)(C)O)NC(=O)Nc1ccc(I)cc1. The van der Waals surface area contributed by atoms with Gasteiger partial charge in [-0.3, -0.25) is 0 Å². The molecule has 0 aliphatic rings. The molecule has 0 saturated heterocycles. The number of nitrogens with one attached hydrogen (secondary N) is 2. The van der Waals surface area contributed by atoms with Crippen LogP contribution in [0.2, 0.25) is 0 Å². The van der Waals surface area contributed by atoms with Gasteiger partial charge in [-0.1, -0.05) is 37.3 Å². The second-order valence-corrected chi connectivity index (χ2v) is 7.91. The number of halogens is 1. The number of hydrogen-bond acceptors (Lipinski definition) is 3. The topological polar surface area (TPSA) is 70.6 Å². The van der Waals surface area contributed by atoms with Gasteiger partial charge in [0.15, 0.2) is 5.79 Å². The highest BCUT2D eigenvalue weighted by Gasteiger charge is 2.24. The molecule has 0 aliphatic heterocycles. The number of carbonyl (C=O) groups is 1. The summed E-state index contributed by atoms with van der Waals surface area (Å²) in [6.07, 6.45) is 0. The van der Waals surface area contributed by atoms with Gasteiger partial charge >= 0.3 is 6.03 Å². The number of ether oxygens (including phenoxy) is 1. The van der Waals surface area contributed by atoms with Crippen molar-refractivity contribution >= 4 is 34.3 Å². The predicted octanol–water partition coefficient (Wildman–Crippen LogP) is 4.33. The van der Waals surface area contributed by atoms with Crippen molar-refractivity contribution in [3.8, 4) is 0 Å². The standard InChI is InChI=1S/C20H25IN2O3/c1-14(15-7-5-4-6-8-15)18(13-26-20(2,3)25)23-19(24)22-17-11-9-16(21)10-12-17/h4-12,14,18,25H,13H2,1-3H3,(H2,22,23,24). The van der Waals surface area contributed by atoms with Crippen LogP contribution in [0.5, 0.6) is 0 Å². The molecular formula is C20H25IN2O3. The molecule has 140 valence electrons. The van der Waals surface area contributed by atoms with Crippen molar-refractivity contribution in [2.75, 3.05) is 11.9 Å². The number of hydrogen-bond donors (Lipinski definition) is 3. The van der Waals surface area contributed by atoms with E-state index in [1.807, 2.05) is 61.5 Å². The second-order valence-electron chi connectivity index (χ2n) is 6.67. The van der Waals surface area contributed by atoms with Gasteiger partial charge in [0.05, 0.1) is 12.6 Å². The third-order valence-corrected chi connectivity index (χ3v) is 4.68. The molecule has 0 bridgehead atoms. The lowest BCUT2D eigenvalue weighted by molar-refractivity contribution is -0.180. The van der Waals surface area contributed by atoms with E-state index in [2.05, 4.69) is 33.2 Å². The summed E-state index contributed by atoms with van der Waals surface area (Å²) >= 11 is 2.21. The molecule has 0 aliphatic carbocycles. The van der Waals surface area contributed by atoms with Crippen molar-refractivity contribution in [1.29, 1.82) is 0 Å². The van der Waals surface area contributed by atoms with Crippen molar-refractivity contribution in [2.24, 2.45) is 0 Å². The van der Waals surface area contributed by atoms with Crippen LogP contribution >= 0.6 is 22.6 Å². The fourth-order valence-corrected chi connectivity index (χ4v) is 2.82. The molecule has 0 aromatic heterocycles. The normalized spacial score (nSPS) is 13.7. The fraction of sp³-hybridized carbons (Fsp3) is 0.350. The monoisotopic (exact) mass is 468 g/mol. The lowest BCUT2D eigenvalue weighted by atomic mass is 9.94. The zero-order valence-electron chi connectivity index (χ0n) is 15.2. The molecule has 2 atom stereocenters. The van der Waals surface area contributed by atoms with Gasteiger partial charge in [0.25, 0.3) is 0 Å². The van der Waals surface area contributed by atoms with Crippen LogP contribution in [0.25, 0.3) is 0 Å². The Morgan fingerprint density at radius 2 is 1.77 bits per heavy atom. The van der Waals surface area contributed by atoms with Crippen LogP contribution in [0.1, 0.15) is 32.3 Å². The molecule has 0 heterocycles. The highest BCUT2D eigenvalue weighted by molar-refractivity contribution is 14.1. The van der Waals surface area contributed by atoms with Crippen LogP contribution < -0.4 is 10.6 Å². The van der Waals surface area contributed by atoms with Crippen LogP contribution in [0.4, 0.5) is 10.5 Å². The molecule has 2 aromatic carbocycles. The Morgan fingerprint density at radius 3 is 2.35 bits per heavy atom. The van der Waals surface area contributed by atoms with E-state index in [9.17, 15) is 9.90 Å². The summed E-state index contributed by atoms with van der Waals surface area (Å²) < 4.78 is 6.61. The predicted molar refractivity (Wildman–Crippen MR) is 112 cm³/mol. The molecule has 2 aromatic rings. The Hall–Kier alpha value is -1.64. The minimum absolute atomic E-state index is 0.0148. The summed E-state index contributed by atoms with van der Waals surface area (Å²) in [4.78, 5) is 12.4. The molecular weight excluding hydrogens is 443 g/mol. The van der Waals surface area contributed by atoms with Gasteiger partial charge < -0.3 is 20.5 Å². The third kappa shape index (κ3) is 6.93. The minimum atomic E-state index is -1.26. The van der Waals surface area contributed by atoms with Crippen LogP contribution in [-0.2, 0) is 4.74 Å². The average Bonchev–Trinajstić information content (AvgIpc) is 2.60. The first-order valence-electron chi connectivity index (χ1n) is 8.49. The van der Waals surface area contributed by atoms with E-state index in [0.717, 1.165) is 14.8 Å². The Bertz CT molecular complexity index is 699. The summed E-state index contributed by atoms with van der Waals surface area (Å²) in [6, 6.07) is 16.9. The van der Waals surface area contributed by atoms with E-state index in [1.165, 1.54) is 0 Å².